The maximum absolute atomic E-state index is 12.3. The number of nitrogens with one attached hydrogen (secondary N) is 1. The number of hydrogen-bond donors (Lipinski definition) is 1. The Labute approximate surface area is 144 Å². The Bertz CT molecular complexity index is 855. The Hall–Kier alpha value is -1.66. The summed E-state index contributed by atoms with van der Waals surface area (Å²) in [5, 5.41) is 8.21. The molecule has 0 spiro atoms. The zero-order chi connectivity index (χ0) is 17.5. The fourth-order valence-electron chi connectivity index (χ4n) is 3.71. The van der Waals surface area contributed by atoms with E-state index in [1.54, 1.807) is 12.1 Å². The molecule has 0 unspecified atom stereocenters. The van der Waals surface area contributed by atoms with Gasteiger partial charge in [-0.2, -0.15) is 5.10 Å². The average molecular weight is 347 g/mol. The van der Waals surface area contributed by atoms with Crippen molar-refractivity contribution < 1.29 is 8.42 Å². The van der Waals surface area contributed by atoms with Gasteiger partial charge in [-0.05, 0) is 38.3 Å². The van der Waals surface area contributed by atoms with Gasteiger partial charge in [0.2, 0.25) is 0 Å². The van der Waals surface area contributed by atoms with Crippen molar-refractivity contribution >= 4 is 9.84 Å². The highest BCUT2D eigenvalue weighted by Gasteiger charge is 2.32. The summed E-state index contributed by atoms with van der Waals surface area (Å²) in [5.41, 5.74) is 4.31. The second-order valence-corrected chi connectivity index (χ2v) is 8.61. The summed E-state index contributed by atoms with van der Waals surface area (Å²) in [6, 6.07) is 7.58. The summed E-state index contributed by atoms with van der Waals surface area (Å²) < 4.78 is 26.5. The Morgan fingerprint density at radius 1 is 1.33 bits per heavy atom. The fourth-order valence-corrected chi connectivity index (χ4v) is 5.33. The van der Waals surface area contributed by atoms with E-state index in [1.165, 1.54) is 5.56 Å². The smallest absolute Gasteiger partial charge is 0.178 e. The summed E-state index contributed by atoms with van der Waals surface area (Å²) in [5.74, 6) is 0.198. The number of aryl methyl sites for hydroxylation is 2. The molecule has 6 heteroatoms. The summed E-state index contributed by atoms with van der Waals surface area (Å²) in [6.45, 7) is 6.26. The maximum atomic E-state index is 12.3. The van der Waals surface area contributed by atoms with Crippen molar-refractivity contribution in [3.8, 4) is 0 Å². The van der Waals surface area contributed by atoms with E-state index in [2.05, 4.69) is 24.3 Å². The third-order valence-corrected chi connectivity index (χ3v) is 6.84. The van der Waals surface area contributed by atoms with Crippen molar-refractivity contribution in [3.63, 3.8) is 0 Å². The summed E-state index contributed by atoms with van der Waals surface area (Å²) in [6.07, 6.45) is 1.53. The van der Waals surface area contributed by atoms with E-state index >= 15 is 0 Å². The zero-order valence-electron chi connectivity index (χ0n) is 14.7. The van der Waals surface area contributed by atoms with Crippen LogP contribution in [0.2, 0.25) is 0 Å². The number of benzene rings is 1. The van der Waals surface area contributed by atoms with Crippen LogP contribution in [0.25, 0.3) is 0 Å². The van der Waals surface area contributed by atoms with Gasteiger partial charge in [-0.25, -0.2) is 8.42 Å². The summed E-state index contributed by atoms with van der Waals surface area (Å²) >= 11 is 0. The number of hydrogen-bond acceptors (Lipinski definition) is 4. The Morgan fingerprint density at radius 3 is 2.67 bits per heavy atom. The molecule has 0 fully saturated rings. The normalized spacial score (nSPS) is 20.6. The van der Waals surface area contributed by atoms with Gasteiger partial charge in [-0.1, -0.05) is 25.1 Å². The minimum absolute atomic E-state index is 0.0497. The first-order chi connectivity index (χ1) is 11.3. The number of sulfone groups is 1. The predicted octanol–water partition coefficient (Wildman–Crippen LogP) is 3.00. The van der Waals surface area contributed by atoms with E-state index in [0.29, 0.717) is 11.3 Å². The molecule has 3 rings (SSSR count). The van der Waals surface area contributed by atoms with Crippen LogP contribution < -0.4 is 5.32 Å². The van der Waals surface area contributed by atoms with Crippen molar-refractivity contribution in [1.82, 2.24) is 15.1 Å². The van der Waals surface area contributed by atoms with Crippen molar-refractivity contribution in [3.05, 3.63) is 46.8 Å². The molecule has 0 amide bonds. The number of rotatable bonds is 4. The van der Waals surface area contributed by atoms with Gasteiger partial charge in [0.1, 0.15) is 0 Å². The van der Waals surface area contributed by atoms with Gasteiger partial charge in [0, 0.05) is 30.4 Å². The van der Waals surface area contributed by atoms with Crippen LogP contribution in [0, 0.1) is 13.8 Å². The molecule has 0 saturated carbocycles. The second kappa shape index (κ2) is 6.33. The van der Waals surface area contributed by atoms with Crippen LogP contribution in [0.4, 0.5) is 0 Å². The Morgan fingerprint density at radius 2 is 2.04 bits per heavy atom. The van der Waals surface area contributed by atoms with Crippen molar-refractivity contribution in [2.75, 3.05) is 5.75 Å². The molecule has 1 aliphatic rings. The summed E-state index contributed by atoms with van der Waals surface area (Å²) in [4.78, 5) is 0.475. The second-order valence-electron chi connectivity index (χ2n) is 6.53. The van der Waals surface area contributed by atoms with E-state index in [4.69, 9.17) is 0 Å². The molecule has 0 radical (unpaired) electrons. The molecule has 0 aliphatic carbocycles. The SMILES string of the molecule is CC[C@H](N[C@H]1CCS(=O)(=O)c2ccccc21)c1c(C)nn(C)c1C. The molecule has 5 nitrogen and oxygen atoms in total. The first-order valence-electron chi connectivity index (χ1n) is 8.43. The van der Waals surface area contributed by atoms with E-state index in [9.17, 15) is 8.42 Å². The highest BCUT2D eigenvalue weighted by Crippen LogP contribution is 2.35. The molecular weight excluding hydrogens is 322 g/mol. The molecule has 1 aliphatic heterocycles. The molecule has 0 saturated heterocycles. The lowest BCUT2D eigenvalue weighted by molar-refractivity contribution is 0.412. The number of nitrogens with zero attached hydrogens (tertiary/aromatic N) is 2. The number of aromatic nitrogens is 2. The molecule has 2 heterocycles. The van der Waals surface area contributed by atoms with Gasteiger partial charge in [-0.3, -0.25) is 4.68 Å². The molecule has 24 heavy (non-hydrogen) atoms. The van der Waals surface area contributed by atoms with Crippen LogP contribution in [0.1, 0.15) is 54.4 Å². The quantitative estimate of drug-likeness (QED) is 0.923. The summed E-state index contributed by atoms with van der Waals surface area (Å²) in [7, 11) is -1.19. The van der Waals surface area contributed by atoms with Crippen LogP contribution in [0.5, 0.6) is 0 Å². The lowest BCUT2D eigenvalue weighted by Gasteiger charge is -2.30. The minimum Gasteiger partial charge on any atom is -0.303 e. The molecule has 0 bridgehead atoms. The first-order valence-corrected chi connectivity index (χ1v) is 10.1. The largest absolute Gasteiger partial charge is 0.303 e. The Kier molecular flexibility index (Phi) is 4.53. The minimum atomic E-state index is -3.15. The van der Waals surface area contributed by atoms with Crippen molar-refractivity contribution in [2.24, 2.45) is 7.05 Å². The average Bonchev–Trinajstić information content (AvgIpc) is 2.80. The van der Waals surface area contributed by atoms with E-state index in [1.807, 2.05) is 30.8 Å². The van der Waals surface area contributed by atoms with Gasteiger partial charge < -0.3 is 5.32 Å². The van der Waals surface area contributed by atoms with Crippen molar-refractivity contribution in [2.45, 2.75) is 50.6 Å². The Balaban J connectivity index is 1.95. The topological polar surface area (TPSA) is 64.0 Å². The monoisotopic (exact) mass is 347 g/mol. The predicted molar refractivity (Wildman–Crippen MR) is 94.7 cm³/mol. The maximum Gasteiger partial charge on any atom is 0.178 e. The van der Waals surface area contributed by atoms with Crippen molar-refractivity contribution in [1.29, 1.82) is 0 Å². The van der Waals surface area contributed by atoms with Crippen LogP contribution in [-0.2, 0) is 16.9 Å². The third-order valence-electron chi connectivity index (χ3n) is 5.03. The van der Waals surface area contributed by atoms with Crippen LogP contribution >= 0.6 is 0 Å². The van der Waals surface area contributed by atoms with Gasteiger partial charge >= 0.3 is 0 Å². The van der Waals surface area contributed by atoms with Gasteiger partial charge in [0.15, 0.2) is 9.84 Å². The van der Waals surface area contributed by atoms with Crippen LogP contribution in [-0.4, -0.2) is 24.0 Å². The van der Waals surface area contributed by atoms with Gasteiger partial charge in [0.05, 0.1) is 16.3 Å². The van der Waals surface area contributed by atoms with Gasteiger partial charge in [0.25, 0.3) is 0 Å². The number of fused-ring (bicyclic) bond motifs is 1. The first kappa shape index (κ1) is 17.2. The standard InChI is InChI=1S/C18H25N3O2S/c1-5-15(18-12(2)20-21(4)13(18)3)19-16-10-11-24(22,23)17-9-7-6-8-14(16)17/h6-9,15-16,19H,5,10-11H2,1-4H3/t15-,16-/m0/s1. The third kappa shape index (κ3) is 2.89. The van der Waals surface area contributed by atoms with Crippen LogP contribution in [0.3, 0.4) is 0 Å². The fraction of sp³-hybridized carbons (Fsp3) is 0.500. The molecule has 1 aromatic carbocycles. The molecule has 1 aromatic heterocycles. The van der Waals surface area contributed by atoms with Gasteiger partial charge in [-0.15, -0.1) is 0 Å². The highest BCUT2D eigenvalue weighted by molar-refractivity contribution is 7.91. The van der Waals surface area contributed by atoms with E-state index < -0.39 is 9.84 Å². The zero-order valence-corrected chi connectivity index (χ0v) is 15.5. The van der Waals surface area contributed by atoms with E-state index in [-0.39, 0.29) is 17.8 Å². The van der Waals surface area contributed by atoms with E-state index in [0.717, 1.165) is 23.4 Å². The lowest BCUT2D eigenvalue weighted by atomic mass is 9.97. The highest BCUT2D eigenvalue weighted by atomic mass is 32.2. The molecule has 130 valence electrons. The molecular formula is C18H25N3O2S. The molecule has 1 N–H and O–H groups in total. The lowest BCUT2D eigenvalue weighted by Crippen LogP contribution is -2.32. The molecule has 2 atom stereocenters. The van der Waals surface area contributed by atoms with Crippen LogP contribution in [0.15, 0.2) is 29.2 Å². The molecule has 2 aromatic rings.